The fourth-order valence-electron chi connectivity index (χ4n) is 1.95. The molecule has 0 aliphatic heterocycles. The third-order valence-corrected chi connectivity index (χ3v) is 3.99. The van der Waals surface area contributed by atoms with Crippen LogP contribution < -0.4 is 11.3 Å². The average Bonchev–Trinajstić information content (AvgIpc) is 3.13. The number of hydrogen-bond acceptors (Lipinski definition) is 5. The number of nitrogen functional groups attached to an aromatic ring is 1. The van der Waals surface area contributed by atoms with Crippen LogP contribution in [-0.2, 0) is 6.54 Å². The Morgan fingerprint density at radius 3 is 3.06 bits per heavy atom. The molecule has 1 heterocycles. The van der Waals surface area contributed by atoms with Gasteiger partial charge in [0, 0.05) is 18.0 Å². The molecule has 2 rings (SSSR count). The lowest BCUT2D eigenvalue weighted by Gasteiger charge is -2.20. The Kier molecular flexibility index (Phi) is 4.68. The van der Waals surface area contributed by atoms with Gasteiger partial charge >= 0.3 is 0 Å². The number of hydrazine groups is 1. The first kappa shape index (κ1) is 13.5. The van der Waals surface area contributed by atoms with Crippen LogP contribution >= 0.6 is 11.3 Å². The SMILES string of the molecule is CCCCN(Cc1csc(C(=O)NN)n1)C1CC1. The molecule has 1 aromatic rings. The molecule has 0 saturated heterocycles. The molecule has 1 aromatic heterocycles. The summed E-state index contributed by atoms with van der Waals surface area (Å²) < 4.78 is 0. The van der Waals surface area contributed by atoms with Crippen LogP contribution in [0.3, 0.4) is 0 Å². The van der Waals surface area contributed by atoms with E-state index in [0.29, 0.717) is 5.01 Å². The van der Waals surface area contributed by atoms with Crippen molar-refractivity contribution in [2.45, 2.75) is 45.2 Å². The second kappa shape index (κ2) is 6.26. The zero-order chi connectivity index (χ0) is 13.0. The molecule has 1 saturated carbocycles. The van der Waals surface area contributed by atoms with Gasteiger partial charge in [-0.15, -0.1) is 11.3 Å². The zero-order valence-electron chi connectivity index (χ0n) is 10.7. The van der Waals surface area contributed by atoms with E-state index >= 15 is 0 Å². The van der Waals surface area contributed by atoms with Crippen molar-refractivity contribution in [3.63, 3.8) is 0 Å². The number of carbonyl (C=O) groups is 1. The molecule has 3 N–H and O–H groups in total. The summed E-state index contributed by atoms with van der Waals surface area (Å²) in [5.74, 6) is 4.79. The monoisotopic (exact) mass is 268 g/mol. The van der Waals surface area contributed by atoms with E-state index in [4.69, 9.17) is 5.84 Å². The number of amides is 1. The van der Waals surface area contributed by atoms with E-state index in [-0.39, 0.29) is 5.91 Å². The fourth-order valence-corrected chi connectivity index (χ4v) is 2.66. The van der Waals surface area contributed by atoms with E-state index in [9.17, 15) is 4.79 Å². The third-order valence-electron chi connectivity index (χ3n) is 3.10. The van der Waals surface area contributed by atoms with Gasteiger partial charge in [0.05, 0.1) is 5.69 Å². The van der Waals surface area contributed by atoms with Crippen molar-refractivity contribution in [3.05, 3.63) is 16.1 Å². The minimum absolute atomic E-state index is 0.308. The Bertz CT molecular complexity index is 403. The third kappa shape index (κ3) is 3.51. The van der Waals surface area contributed by atoms with E-state index in [2.05, 4.69) is 22.2 Å². The summed E-state index contributed by atoms with van der Waals surface area (Å²) in [6.07, 6.45) is 5.02. The molecule has 0 spiro atoms. The van der Waals surface area contributed by atoms with Crippen molar-refractivity contribution in [1.29, 1.82) is 0 Å². The predicted octanol–water partition coefficient (Wildman–Crippen LogP) is 1.51. The van der Waals surface area contributed by atoms with Crippen molar-refractivity contribution >= 4 is 17.2 Å². The van der Waals surface area contributed by atoms with Crippen LogP contribution in [0.2, 0.25) is 0 Å². The van der Waals surface area contributed by atoms with E-state index in [1.54, 1.807) is 0 Å². The number of carbonyl (C=O) groups excluding carboxylic acids is 1. The van der Waals surface area contributed by atoms with Crippen molar-refractivity contribution < 1.29 is 4.79 Å². The summed E-state index contributed by atoms with van der Waals surface area (Å²) in [5.41, 5.74) is 3.09. The summed E-state index contributed by atoms with van der Waals surface area (Å²) in [7, 11) is 0. The molecule has 0 unspecified atom stereocenters. The maximum atomic E-state index is 11.3. The molecule has 1 fully saturated rings. The smallest absolute Gasteiger partial charge is 0.294 e. The summed E-state index contributed by atoms with van der Waals surface area (Å²) in [4.78, 5) is 18.1. The fraction of sp³-hybridized carbons (Fsp3) is 0.667. The second-order valence-electron chi connectivity index (χ2n) is 4.67. The van der Waals surface area contributed by atoms with Crippen LogP contribution in [0.25, 0.3) is 0 Å². The van der Waals surface area contributed by atoms with Gasteiger partial charge in [-0.1, -0.05) is 13.3 Å². The summed E-state index contributed by atoms with van der Waals surface area (Å²) in [5, 5.41) is 2.39. The molecule has 1 aliphatic carbocycles. The minimum atomic E-state index is -0.308. The molecular weight excluding hydrogens is 248 g/mol. The molecule has 0 atom stereocenters. The first-order chi connectivity index (χ1) is 8.74. The van der Waals surface area contributed by atoms with E-state index < -0.39 is 0 Å². The Balaban J connectivity index is 1.93. The largest absolute Gasteiger partial charge is 0.295 e. The molecule has 0 bridgehead atoms. The normalized spacial score (nSPS) is 15.1. The van der Waals surface area contributed by atoms with Crippen molar-refractivity contribution in [2.75, 3.05) is 6.54 Å². The van der Waals surface area contributed by atoms with Crippen molar-refractivity contribution in [1.82, 2.24) is 15.3 Å². The van der Waals surface area contributed by atoms with Crippen LogP contribution in [0.5, 0.6) is 0 Å². The van der Waals surface area contributed by atoms with Gasteiger partial charge in [0.15, 0.2) is 5.01 Å². The van der Waals surface area contributed by atoms with Crippen molar-refractivity contribution in [3.8, 4) is 0 Å². The maximum Gasteiger partial charge on any atom is 0.294 e. The molecule has 100 valence electrons. The highest BCUT2D eigenvalue weighted by Crippen LogP contribution is 2.28. The highest BCUT2D eigenvalue weighted by Gasteiger charge is 2.28. The van der Waals surface area contributed by atoms with Gasteiger partial charge in [-0.25, -0.2) is 10.8 Å². The standard InChI is InChI=1S/C12H20N4OS/c1-2-3-6-16(10-4-5-10)7-9-8-18-12(14-9)11(17)15-13/h8,10H,2-7,13H2,1H3,(H,15,17). The Labute approximate surface area is 111 Å². The summed E-state index contributed by atoms with van der Waals surface area (Å²) in [6.45, 7) is 4.17. The molecule has 0 radical (unpaired) electrons. The number of nitrogens with zero attached hydrogens (tertiary/aromatic N) is 2. The summed E-state index contributed by atoms with van der Waals surface area (Å²) in [6, 6.07) is 0.727. The van der Waals surface area contributed by atoms with Gasteiger partial charge in [-0.05, 0) is 25.8 Å². The van der Waals surface area contributed by atoms with Gasteiger partial charge < -0.3 is 0 Å². The number of nitrogens with one attached hydrogen (secondary N) is 1. The highest BCUT2D eigenvalue weighted by atomic mass is 32.1. The van der Waals surface area contributed by atoms with Gasteiger partial charge in [0.1, 0.15) is 0 Å². The number of unbranched alkanes of at least 4 members (excludes halogenated alkanes) is 1. The second-order valence-corrected chi connectivity index (χ2v) is 5.53. The highest BCUT2D eigenvalue weighted by molar-refractivity contribution is 7.11. The Morgan fingerprint density at radius 1 is 1.67 bits per heavy atom. The predicted molar refractivity (Wildman–Crippen MR) is 72.1 cm³/mol. The molecule has 18 heavy (non-hydrogen) atoms. The molecule has 0 aromatic carbocycles. The van der Waals surface area contributed by atoms with Crippen LogP contribution in [0.1, 0.15) is 48.1 Å². The van der Waals surface area contributed by atoms with Crippen LogP contribution in [0.4, 0.5) is 0 Å². The van der Waals surface area contributed by atoms with Crippen LogP contribution in [0, 0.1) is 0 Å². The van der Waals surface area contributed by atoms with E-state index in [1.165, 1.54) is 37.0 Å². The molecule has 6 heteroatoms. The van der Waals surface area contributed by atoms with E-state index in [1.807, 2.05) is 5.38 Å². The lowest BCUT2D eigenvalue weighted by Crippen LogP contribution is -2.30. The van der Waals surface area contributed by atoms with Gasteiger partial charge in [0.25, 0.3) is 5.91 Å². The molecular formula is C12H20N4OS. The van der Waals surface area contributed by atoms with Gasteiger partial charge in [-0.3, -0.25) is 15.1 Å². The van der Waals surface area contributed by atoms with Crippen LogP contribution in [0.15, 0.2) is 5.38 Å². The quantitative estimate of drug-likeness (QED) is 0.447. The maximum absolute atomic E-state index is 11.3. The number of nitrogens with two attached hydrogens (primary N) is 1. The van der Waals surface area contributed by atoms with Gasteiger partial charge in [0.2, 0.25) is 0 Å². The lowest BCUT2D eigenvalue weighted by atomic mass is 10.3. The molecule has 1 amide bonds. The zero-order valence-corrected chi connectivity index (χ0v) is 11.5. The number of thiazole rings is 1. The molecule has 5 nitrogen and oxygen atoms in total. The first-order valence-corrected chi connectivity index (χ1v) is 7.32. The van der Waals surface area contributed by atoms with Crippen LogP contribution in [-0.4, -0.2) is 28.4 Å². The Hall–Kier alpha value is -0.980. The first-order valence-electron chi connectivity index (χ1n) is 6.44. The number of aromatic nitrogens is 1. The average molecular weight is 268 g/mol. The van der Waals surface area contributed by atoms with Crippen molar-refractivity contribution in [2.24, 2.45) is 5.84 Å². The topological polar surface area (TPSA) is 71.2 Å². The van der Waals surface area contributed by atoms with E-state index in [0.717, 1.165) is 24.8 Å². The summed E-state index contributed by atoms with van der Waals surface area (Å²) >= 11 is 1.35. The molecule has 1 aliphatic rings. The minimum Gasteiger partial charge on any atom is -0.295 e. The lowest BCUT2D eigenvalue weighted by molar-refractivity contribution is 0.0953. The van der Waals surface area contributed by atoms with Gasteiger partial charge in [-0.2, -0.15) is 0 Å². The Morgan fingerprint density at radius 2 is 2.44 bits per heavy atom. The number of hydrogen-bond donors (Lipinski definition) is 2. The number of rotatable bonds is 7.